The van der Waals surface area contributed by atoms with Crippen LogP contribution < -0.4 is 14.2 Å². The van der Waals surface area contributed by atoms with Gasteiger partial charge in [-0.2, -0.15) is 8.42 Å². The lowest BCUT2D eigenvalue weighted by Crippen LogP contribution is -2.34. The van der Waals surface area contributed by atoms with E-state index in [1.807, 2.05) is 0 Å². The largest absolute Gasteiger partial charge is 0.496 e. The summed E-state index contributed by atoms with van der Waals surface area (Å²) in [6.07, 6.45) is 0. The Morgan fingerprint density at radius 1 is 0.914 bits per heavy atom. The highest BCUT2D eigenvalue weighted by molar-refractivity contribution is 7.87. The van der Waals surface area contributed by atoms with Crippen molar-refractivity contribution in [1.82, 2.24) is 5.32 Å². The Labute approximate surface area is 202 Å². The Morgan fingerprint density at radius 3 is 2.29 bits per heavy atom. The van der Waals surface area contributed by atoms with Gasteiger partial charge in [-0.25, -0.2) is 4.79 Å². The lowest BCUT2D eigenvalue weighted by molar-refractivity contribution is -0.123. The van der Waals surface area contributed by atoms with Gasteiger partial charge >= 0.3 is 16.1 Å². The Kier molecular flexibility index (Phi) is 7.87. The average molecular weight is 498 g/mol. The molecule has 10 heteroatoms. The maximum Gasteiger partial charge on any atom is 0.339 e. The fourth-order valence-corrected chi connectivity index (χ4v) is 4.32. The van der Waals surface area contributed by atoms with E-state index in [-0.39, 0.29) is 27.5 Å². The van der Waals surface area contributed by atoms with Crippen molar-refractivity contribution in [1.29, 1.82) is 0 Å². The predicted molar refractivity (Wildman–Crippen MR) is 126 cm³/mol. The number of rotatable bonds is 8. The summed E-state index contributed by atoms with van der Waals surface area (Å²) < 4.78 is 40.4. The summed E-state index contributed by atoms with van der Waals surface area (Å²) in [5, 5.41) is 2.11. The van der Waals surface area contributed by atoms with Crippen LogP contribution in [0.4, 0.5) is 0 Å². The molecular formula is C25H23NO8S. The van der Waals surface area contributed by atoms with Crippen LogP contribution in [0.3, 0.4) is 0 Å². The van der Waals surface area contributed by atoms with Gasteiger partial charge in [0.05, 0.1) is 18.2 Å². The number of imide groups is 1. The molecule has 182 valence electrons. The number of benzene rings is 3. The van der Waals surface area contributed by atoms with Crippen molar-refractivity contribution in [2.24, 2.45) is 0 Å². The minimum atomic E-state index is -4.07. The topological polar surface area (TPSA) is 125 Å². The third kappa shape index (κ3) is 6.45. The van der Waals surface area contributed by atoms with E-state index in [1.165, 1.54) is 43.5 Å². The van der Waals surface area contributed by atoms with Crippen molar-refractivity contribution in [3.63, 3.8) is 0 Å². The normalized spacial score (nSPS) is 10.8. The molecule has 3 rings (SSSR count). The molecule has 0 aliphatic rings. The summed E-state index contributed by atoms with van der Waals surface area (Å²) in [7, 11) is -2.68. The Hall–Kier alpha value is -4.18. The number of methoxy groups -OCH3 is 1. The van der Waals surface area contributed by atoms with Gasteiger partial charge in [-0.3, -0.25) is 14.9 Å². The van der Waals surface area contributed by atoms with Crippen LogP contribution in [-0.2, 0) is 19.6 Å². The van der Waals surface area contributed by atoms with E-state index in [4.69, 9.17) is 13.7 Å². The van der Waals surface area contributed by atoms with E-state index < -0.39 is 34.5 Å². The molecular weight excluding hydrogens is 474 g/mol. The number of amides is 2. The first-order valence-electron chi connectivity index (χ1n) is 10.4. The number of para-hydroxylation sites is 1. The average Bonchev–Trinajstić information content (AvgIpc) is 2.84. The van der Waals surface area contributed by atoms with Crippen LogP contribution in [0.5, 0.6) is 11.5 Å². The number of nitrogens with one attached hydrogen (secondary N) is 1. The van der Waals surface area contributed by atoms with Crippen molar-refractivity contribution < 1.29 is 36.5 Å². The molecule has 0 aromatic heterocycles. The van der Waals surface area contributed by atoms with Crippen molar-refractivity contribution >= 4 is 27.9 Å². The molecule has 35 heavy (non-hydrogen) atoms. The molecule has 0 radical (unpaired) electrons. The zero-order chi connectivity index (χ0) is 25.6. The summed E-state index contributed by atoms with van der Waals surface area (Å²) in [5.41, 5.74) is 1.52. The van der Waals surface area contributed by atoms with E-state index >= 15 is 0 Å². The van der Waals surface area contributed by atoms with Crippen LogP contribution >= 0.6 is 0 Å². The summed E-state index contributed by atoms with van der Waals surface area (Å²) in [6.45, 7) is 2.74. The SMILES string of the molecule is COc1ccccc1C(=O)NC(=O)COC(=O)c1ccc(OS(=O)(=O)c2cc(C)ccc2C)cc1. The van der Waals surface area contributed by atoms with Gasteiger partial charge in [0.25, 0.3) is 11.8 Å². The predicted octanol–water partition coefficient (Wildman–Crippen LogP) is 3.19. The van der Waals surface area contributed by atoms with Gasteiger partial charge in [0.2, 0.25) is 0 Å². The molecule has 0 bridgehead atoms. The van der Waals surface area contributed by atoms with E-state index in [2.05, 4.69) is 5.32 Å². The zero-order valence-electron chi connectivity index (χ0n) is 19.2. The maximum absolute atomic E-state index is 12.6. The number of carbonyl (C=O) groups excluding carboxylic acids is 3. The summed E-state index contributed by atoms with van der Waals surface area (Å²) >= 11 is 0. The van der Waals surface area contributed by atoms with Crippen molar-refractivity contribution in [2.75, 3.05) is 13.7 Å². The summed E-state index contributed by atoms with van der Waals surface area (Å²) in [4.78, 5) is 36.5. The molecule has 0 aliphatic carbocycles. The number of ether oxygens (including phenoxy) is 2. The molecule has 0 aliphatic heterocycles. The van der Waals surface area contributed by atoms with Gasteiger partial charge in [0, 0.05) is 0 Å². The summed E-state index contributed by atoms with van der Waals surface area (Å²) in [6, 6.07) is 16.5. The summed E-state index contributed by atoms with van der Waals surface area (Å²) in [5.74, 6) is -2.07. The third-order valence-electron chi connectivity index (χ3n) is 4.85. The fourth-order valence-electron chi connectivity index (χ4n) is 3.07. The Balaban J connectivity index is 1.57. The molecule has 0 unspecified atom stereocenters. The van der Waals surface area contributed by atoms with Crippen LogP contribution in [0.25, 0.3) is 0 Å². The minimum absolute atomic E-state index is 0.00241. The molecule has 0 spiro atoms. The molecule has 9 nitrogen and oxygen atoms in total. The van der Waals surface area contributed by atoms with Crippen molar-refractivity contribution in [2.45, 2.75) is 18.7 Å². The molecule has 0 fully saturated rings. The molecule has 1 N–H and O–H groups in total. The van der Waals surface area contributed by atoms with E-state index in [9.17, 15) is 22.8 Å². The number of carbonyl (C=O) groups is 3. The monoisotopic (exact) mass is 497 g/mol. The molecule has 3 aromatic carbocycles. The molecule has 0 saturated heterocycles. The van der Waals surface area contributed by atoms with Gasteiger partial charge < -0.3 is 13.7 Å². The zero-order valence-corrected chi connectivity index (χ0v) is 20.0. The first-order chi connectivity index (χ1) is 16.6. The highest BCUT2D eigenvalue weighted by atomic mass is 32.2. The van der Waals surface area contributed by atoms with Crippen LogP contribution in [0.15, 0.2) is 71.6 Å². The number of hydrogen-bond donors (Lipinski definition) is 1. The first kappa shape index (κ1) is 25.4. The van der Waals surface area contributed by atoms with Crippen molar-refractivity contribution in [3.05, 3.63) is 89.0 Å². The highest BCUT2D eigenvalue weighted by Gasteiger charge is 2.20. The Bertz CT molecular complexity index is 1360. The van der Waals surface area contributed by atoms with Crippen LogP contribution in [-0.4, -0.2) is 39.9 Å². The second-order valence-corrected chi connectivity index (χ2v) is 9.00. The van der Waals surface area contributed by atoms with Gasteiger partial charge in [-0.15, -0.1) is 0 Å². The number of esters is 1. The number of aryl methyl sites for hydroxylation is 2. The van der Waals surface area contributed by atoms with Gasteiger partial charge in [-0.05, 0) is 67.4 Å². The standard InChI is InChI=1S/C25H23NO8S/c1-16-8-9-17(2)22(14-16)35(30,31)34-19-12-10-18(11-13-19)25(29)33-15-23(27)26-24(28)20-6-4-5-7-21(20)32-3/h4-14H,15H2,1-3H3,(H,26,27,28). The van der Waals surface area contributed by atoms with Crippen LogP contribution in [0, 0.1) is 13.8 Å². The minimum Gasteiger partial charge on any atom is -0.496 e. The molecule has 0 heterocycles. The van der Waals surface area contributed by atoms with Gasteiger partial charge in [-0.1, -0.05) is 24.3 Å². The molecule has 2 amide bonds. The molecule has 0 saturated carbocycles. The van der Waals surface area contributed by atoms with E-state index in [0.29, 0.717) is 5.56 Å². The number of hydrogen-bond acceptors (Lipinski definition) is 8. The highest BCUT2D eigenvalue weighted by Crippen LogP contribution is 2.23. The lowest BCUT2D eigenvalue weighted by atomic mass is 10.2. The van der Waals surface area contributed by atoms with Crippen LogP contribution in [0.1, 0.15) is 31.8 Å². The smallest absolute Gasteiger partial charge is 0.339 e. The van der Waals surface area contributed by atoms with E-state index in [0.717, 1.165) is 5.56 Å². The lowest BCUT2D eigenvalue weighted by Gasteiger charge is -2.11. The Morgan fingerprint density at radius 2 is 1.60 bits per heavy atom. The van der Waals surface area contributed by atoms with Gasteiger partial charge in [0.15, 0.2) is 6.61 Å². The third-order valence-corrected chi connectivity index (χ3v) is 6.24. The second kappa shape index (κ2) is 10.8. The molecule has 3 aromatic rings. The van der Waals surface area contributed by atoms with Gasteiger partial charge in [0.1, 0.15) is 16.4 Å². The second-order valence-electron chi connectivity index (χ2n) is 7.48. The van der Waals surface area contributed by atoms with Crippen molar-refractivity contribution in [3.8, 4) is 11.5 Å². The van der Waals surface area contributed by atoms with Crippen LogP contribution in [0.2, 0.25) is 0 Å². The quantitative estimate of drug-likeness (QED) is 0.372. The molecule has 0 atom stereocenters. The fraction of sp³-hybridized carbons (Fsp3) is 0.160. The van der Waals surface area contributed by atoms with E-state index in [1.54, 1.807) is 44.2 Å². The first-order valence-corrected chi connectivity index (χ1v) is 11.8. The maximum atomic E-state index is 12.6.